The molecule has 26 heavy (non-hydrogen) atoms. The van der Waals surface area contributed by atoms with Crippen molar-refractivity contribution in [1.82, 2.24) is 0 Å². The number of rotatable bonds is 7. The fourth-order valence-corrected chi connectivity index (χ4v) is 2.26. The van der Waals surface area contributed by atoms with Gasteiger partial charge in [-0.3, -0.25) is 0 Å². The standard InChI is InChI=1S/C22H19O4/c23-22(25-17-19-9-5-2-6-10-19)26-21-13-11-20(12-14-21)16-24-15-18-7-3-1-4-8-18/h1-14,16H,15,17H2. The number of carbonyl (C=O) groups is 1. The van der Waals surface area contributed by atoms with Crippen LogP contribution in [0.5, 0.6) is 5.75 Å². The summed E-state index contributed by atoms with van der Waals surface area (Å²) in [5.74, 6) is 0.420. The van der Waals surface area contributed by atoms with Crippen LogP contribution in [0.15, 0.2) is 84.9 Å². The highest BCUT2D eigenvalue weighted by atomic mass is 16.7. The Morgan fingerprint density at radius 1 is 0.731 bits per heavy atom. The number of benzene rings is 3. The molecule has 0 heterocycles. The molecule has 0 N–H and O–H groups in total. The molecule has 0 bridgehead atoms. The quantitative estimate of drug-likeness (QED) is 0.439. The molecule has 0 aromatic heterocycles. The van der Waals surface area contributed by atoms with Crippen molar-refractivity contribution >= 4 is 6.16 Å². The van der Waals surface area contributed by atoms with Gasteiger partial charge in [-0.2, -0.15) is 0 Å². The molecule has 0 amide bonds. The summed E-state index contributed by atoms with van der Waals surface area (Å²) in [6.45, 7) is 2.36. The number of hydrogen-bond acceptors (Lipinski definition) is 4. The Bertz CT molecular complexity index is 799. The number of carbonyl (C=O) groups excluding carboxylic acids is 1. The van der Waals surface area contributed by atoms with Crippen molar-refractivity contribution in [2.24, 2.45) is 0 Å². The first-order chi connectivity index (χ1) is 12.8. The van der Waals surface area contributed by atoms with Gasteiger partial charge >= 0.3 is 6.16 Å². The first-order valence-corrected chi connectivity index (χ1v) is 8.27. The number of hydrogen-bond donors (Lipinski definition) is 0. The lowest BCUT2D eigenvalue weighted by Crippen LogP contribution is -2.10. The van der Waals surface area contributed by atoms with Crippen molar-refractivity contribution < 1.29 is 19.0 Å². The van der Waals surface area contributed by atoms with E-state index in [0.29, 0.717) is 12.4 Å². The molecule has 0 saturated heterocycles. The molecular formula is C22H19O4. The molecule has 3 aromatic rings. The van der Waals surface area contributed by atoms with Crippen LogP contribution in [0, 0.1) is 6.61 Å². The summed E-state index contributed by atoms with van der Waals surface area (Å²) in [4.78, 5) is 11.7. The minimum absolute atomic E-state index is 0.179. The highest BCUT2D eigenvalue weighted by Crippen LogP contribution is 2.15. The van der Waals surface area contributed by atoms with Crippen molar-refractivity contribution in [2.75, 3.05) is 0 Å². The van der Waals surface area contributed by atoms with Gasteiger partial charge in [0.2, 0.25) is 0 Å². The predicted octanol–water partition coefficient (Wildman–Crippen LogP) is 5.13. The largest absolute Gasteiger partial charge is 0.514 e. The topological polar surface area (TPSA) is 44.8 Å². The molecule has 131 valence electrons. The third-order valence-corrected chi connectivity index (χ3v) is 3.59. The van der Waals surface area contributed by atoms with E-state index in [1.807, 2.05) is 72.8 Å². The van der Waals surface area contributed by atoms with Crippen molar-refractivity contribution in [3.63, 3.8) is 0 Å². The molecule has 0 aliphatic rings. The molecule has 3 rings (SSSR count). The summed E-state index contributed by atoms with van der Waals surface area (Å²) >= 11 is 0. The van der Waals surface area contributed by atoms with Crippen LogP contribution < -0.4 is 4.74 Å². The average molecular weight is 347 g/mol. The van der Waals surface area contributed by atoms with Crippen molar-refractivity contribution in [2.45, 2.75) is 13.2 Å². The van der Waals surface area contributed by atoms with Gasteiger partial charge in [-0.15, -0.1) is 0 Å². The van der Waals surface area contributed by atoms with Gasteiger partial charge in [-0.1, -0.05) is 72.8 Å². The van der Waals surface area contributed by atoms with E-state index in [9.17, 15) is 4.79 Å². The lowest BCUT2D eigenvalue weighted by molar-refractivity contribution is 0.0927. The Kier molecular flexibility index (Phi) is 6.40. The molecule has 0 atom stereocenters. The molecule has 0 fully saturated rings. The van der Waals surface area contributed by atoms with Gasteiger partial charge in [0, 0.05) is 0 Å². The fourth-order valence-electron chi connectivity index (χ4n) is 2.26. The van der Waals surface area contributed by atoms with E-state index in [1.165, 1.54) is 0 Å². The van der Waals surface area contributed by atoms with E-state index in [0.717, 1.165) is 16.7 Å². The van der Waals surface area contributed by atoms with Crippen LogP contribution in [0.25, 0.3) is 0 Å². The maximum Gasteiger partial charge on any atom is 0.514 e. The van der Waals surface area contributed by atoms with Gasteiger partial charge in [0.05, 0.1) is 6.61 Å². The third-order valence-electron chi connectivity index (χ3n) is 3.59. The Balaban J connectivity index is 1.41. The van der Waals surface area contributed by atoms with Gasteiger partial charge in [-0.25, -0.2) is 4.79 Å². The van der Waals surface area contributed by atoms with Gasteiger partial charge in [0.15, 0.2) is 0 Å². The van der Waals surface area contributed by atoms with Gasteiger partial charge in [0.1, 0.15) is 19.0 Å². The zero-order valence-electron chi connectivity index (χ0n) is 14.2. The van der Waals surface area contributed by atoms with Crippen LogP contribution in [-0.2, 0) is 22.7 Å². The molecule has 0 saturated carbocycles. The van der Waals surface area contributed by atoms with Gasteiger partial charge in [-0.05, 0) is 28.8 Å². The molecular weight excluding hydrogens is 328 g/mol. The Labute approximate surface area is 153 Å². The second-order valence-corrected chi connectivity index (χ2v) is 5.61. The zero-order valence-corrected chi connectivity index (χ0v) is 14.2. The Morgan fingerprint density at radius 2 is 1.31 bits per heavy atom. The summed E-state index contributed by atoms with van der Waals surface area (Å²) in [6, 6.07) is 26.4. The normalized spacial score (nSPS) is 10.3. The van der Waals surface area contributed by atoms with Crippen molar-refractivity contribution in [3.05, 3.63) is 108 Å². The minimum atomic E-state index is -0.731. The molecule has 1 radical (unpaired) electrons. The van der Waals surface area contributed by atoms with Gasteiger partial charge < -0.3 is 14.2 Å². The van der Waals surface area contributed by atoms with E-state index < -0.39 is 6.16 Å². The van der Waals surface area contributed by atoms with Crippen LogP contribution in [0.2, 0.25) is 0 Å². The van der Waals surface area contributed by atoms with E-state index in [1.54, 1.807) is 18.7 Å². The van der Waals surface area contributed by atoms with Crippen LogP contribution in [0.3, 0.4) is 0 Å². The van der Waals surface area contributed by atoms with Crippen LogP contribution >= 0.6 is 0 Å². The maximum absolute atomic E-state index is 11.7. The first-order valence-electron chi connectivity index (χ1n) is 8.27. The Hall–Kier alpha value is -3.11. The van der Waals surface area contributed by atoms with Crippen molar-refractivity contribution in [3.8, 4) is 5.75 Å². The molecule has 3 aromatic carbocycles. The minimum Gasteiger partial charge on any atom is -0.429 e. The summed E-state index contributed by atoms with van der Waals surface area (Å²) in [6.07, 6.45) is -0.731. The van der Waals surface area contributed by atoms with Crippen LogP contribution in [0.4, 0.5) is 4.79 Å². The van der Waals surface area contributed by atoms with E-state index in [-0.39, 0.29) is 6.61 Å². The van der Waals surface area contributed by atoms with Crippen LogP contribution in [-0.4, -0.2) is 6.16 Å². The molecule has 0 unspecified atom stereocenters. The summed E-state index contributed by atoms with van der Waals surface area (Å²) in [5, 5.41) is 0. The Morgan fingerprint density at radius 3 is 1.92 bits per heavy atom. The summed E-state index contributed by atoms with van der Waals surface area (Å²) in [5.41, 5.74) is 2.89. The predicted molar refractivity (Wildman–Crippen MR) is 98.3 cm³/mol. The lowest BCUT2D eigenvalue weighted by atomic mass is 10.2. The average Bonchev–Trinajstić information content (AvgIpc) is 2.69. The molecule has 0 aliphatic heterocycles. The van der Waals surface area contributed by atoms with Crippen LogP contribution in [0.1, 0.15) is 16.7 Å². The highest BCUT2D eigenvalue weighted by molar-refractivity contribution is 5.63. The van der Waals surface area contributed by atoms with Crippen molar-refractivity contribution in [1.29, 1.82) is 0 Å². The highest BCUT2D eigenvalue weighted by Gasteiger charge is 2.06. The fraction of sp³-hybridized carbons (Fsp3) is 0.0909. The molecule has 0 aliphatic carbocycles. The third kappa shape index (κ3) is 5.76. The van der Waals surface area contributed by atoms with E-state index >= 15 is 0 Å². The summed E-state index contributed by atoms with van der Waals surface area (Å²) < 4.78 is 15.8. The smallest absolute Gasteiger partial charge is 0.429 e. The maximum atomic E-state index is 11.7. The second kappa shape index (κ2) is 9.39. The summed E-state index contributed by atoms with van der Waals surface area (Å²) in [7, 11) is 0. The zero-order chi connectivity index (χ0) is 18.0. The number of ether oxygens (including phenoxy) is 3. The van der Waals surface area contributed by atoms with Gasteiger partial charge in [0.25, 0.3) is 0 Å². The van der Waals surface area contributed by atoms with E-state index in [2.05, 4.69) is 0 Å². The molecule has 4 nitrogen and oxygen atoms in total. The monoisotopic (exact) mass is 347 g/mol. The lowest BCUT2D eigenvalue weighted by Gasteiger charge is -2.07. The SMILES string of the molecule is O=C(OCc1ccccc1)Oc1ccc([CH]OCc2ccccc2)cc1. The molecule has 4 heteroatoms. The molecule has 0 spiro atoms. The first kappa shape index (κ1) is 17.7. The second-order valence-electron chi connectivity index (χ2n) is 5.61. The van der Waals surface area contributed by atoms with E-state index in [4.69, 9.17) is 14.2 Å².